The molecule has 4 nitrogen and oxygen atoms in total. The van der Waals surface area contributed by atoms with Crippen molar-refractivity contribution in [3.8, 4) is 22.9 Å². The summed E-state index contributed by atoms with van der Waals surface area (Å²) in [7, 11) is 1.52. The molecule has 0 atom stereocenters. The Morgan fingerprint density at radius 3 is 2.56 bits per heavy atom. The molecule has 16 heavy (non-hydrogen) atoms. The van der Waals surface area contributed by atoms with Crippen molar-refractivity contribution in [1.29, 1.82) is 0 Å². The summed E-state index contributed by atoms with van der Waals surface area (Å²) in [6.07, 6.45) is 1.65. The van der Waals surface area contributed by atoms with Crippen LogP contribution in [-0.2, 0) is 0 Å². The van der Waals surface area contributed by atoms with E-state index in [0.717, 1.165) is 16.8 Å². The van der Waals surface area contributed by atoms with Gasteiger partial charge in [-0.3, -0.25) is 0 Å². The van der Waals surface area contributed by atoms with Gasteiger partial charge in [-0.1, -0.05) is 18.2 Å². The number of aromatic nitrogens is 2. The van der Waals surface area contributed by atoms with Crippen LogP contribution < -0.4 is 4.74 Å². The summed E-state index contributed by atoms with van der Waals surface area (Å²) >= 11 is 0. The third-order valence-corrected chi connectivity index (χ3v) is 2.33. The van der Waals surface area contributed by atoms with E-state index >= 15 is 0 Å². The molecule has 1 N–H and O–H groups in total. The van der Waals surface area contributed by atoms with Crippen LogP contribution in [0.5, 0.6) is 11.8 Å². The number of hydrogen-bond donors (Lipinski definition) is 1. The third kappa shape index (κ3) is 1.82. The van der Waals surface area contributed by atoms with E-state index < -0.39 is 0 Å². The number of phenols is 1. The fraction of sp³-hybridized carbons (Fsp3) is 0.167. The molecule has 1 aromatic carbocycles. The summed E-state index contributed by atoms with van der Waals surface area (Å²) < 4.78 is 4.93. The van der Waals surface area contributed by atoms with Gasteiger partial charge in [0.15, 0.2) is 0 Å². The van der Waals surface area contributed by atoms with E-state index in [2.05, 4.69) is 9.97 Å². The molecule has 1 aromatic heterocycles. The van der Waals surface area contributed by atoms with Crippen LogP contribution in [0.1, 0.15) is 5.69 Å². The lowest BCUT2D eigenvalue weighted by atomic mass is 10.1. The van der Waals surface area contributed by atoms with Gasteiger partial charge in [0, 0.05) is 17.3 Å². The number of ether oxygens (including phenoxy) is 1. The SMILES string of the molecule is COc1ncc(-c2ccccc2O)c(C)n1. The molecule has 0 saturated heterocycles. The molecule has 0 bridgehead atoms. The van der Waals surface area contributed by atoms with Gasteiger partial charge in [0.25, 0.3) is 0 Å². The van der Waals surface area contributed by atoms with Gasteiger partial charge >= 0.3 is 6.01 Å². The van der Waals surface area contributed by atoms with Crippen LogP contribution >= 0.6 is 0 Å². The number of rotatable bonds is 2. The van der Waals surface area contributed by atoms with Crippen molar-refractivity contribution in [2.45, 2.75) is 6.92 Å². The fourth-order valence-electron chi connectivity index (χ4n) is 1.51. The highest BCUT2D eigenvalue weighted by atomic mass is 16.5. The number of phenolic OH excluding ortho intramolecular Hbond substituents is 1. The number of aryl methyl sites for hydroxylation is 1. The average molecular weight is 216 g/mol. The molecule has 0 spiro atoms. The predicted octanol–water partition coefficient (Wildman–Crippen LogP) is 2.17. The lowest BCUT2D eigenvalue weighted by Gasteiger charge is -2.07. The van der Waals surface area contributed by atoms with Crippen LogP contribution in [0.4, 0.5) is 0 Å². The summed E-state index contributed by atoms with van der Waals surface area (Å²) in [4.78, 5) is 8.20. The Bertz CT molecular complexity index is 512. The number of para-hydroxylation sites is 1. The molecule has 0 amide bonds. The van der Waals surface area contributed by atoms with Crippen LogP contribution in [0.2, 0.25) is 0 Å². The molecule has 0 aliphatic rings. The van der Waals surface area contributed by atoms with Gasteiger partial charge in [0.2, 0.25) is 0 Å². The normalized spacial score (nSPS) is 10.1. The molecular weight excluding hydrogens is 204 g/mol. The smallest absolute Gasteiger partial charge is 0.316 e. The fourth-order valence-corrected chi connectivity index (χ4v) is 1.51. The van der Waals surface area contributed by atoms with Crippen molar-refractivity contribution in [2.75, 3.05) is 7.11 Å². The monoisotopic (exact) mass is 216 g/mol. The lowest BCUT2D eigenvalue weighted by Crippen LogP contribution is -1.96. The average Bonchev–Trinajstić information content (AvgIpc) is 2.30. The van der Waals surface area contributed by atoms with Crippen LogP contribution in [0.25, 0.3) is 11.1 Å². The van der Waals surface area contributed by atoms with E-state index in [9.17, 15) is 5.11 Å². The first-order valence-electron chi connectivity index (χ1n) is 4.88. The lowest BCUT2D eigenvalue weighted by molar-refractivity contribution is 0.379. The van der Waals surface area contributed by atoms with Gasteiger partial charge in [0.05, 0.1) is 12.8 Å². The molecule has 82 valence electrons. The van der Waals surface area contributed by atoms with Gasteiger partial charge in [-0.2, -0.15) is 4.98 Å². The van der Waals surface area contributed by atoms with Gasteiger partial charge in [-0.15, -0.1) is 0 Å². The second-order valence-electron chi connectivity index (χ2n) is 3.37. The summed E-state index contributed by atoms with van der Waals surface area (Å²) in [6, 6.07) is 7.43. The third-order valence-electron chi connectivity index (χ3n) is 2.33. The van der Waals surface area contributed by atoms with Crippen molar-refractivity contribution in [2.24, 2.45) is 0 Å². The molecule has 0 unspecified atom stereocenters. The molecule has 4 heteroatoms. The van der Waals surface area contributed by atoms with Crippen molar-refractivity contribution < 1.29 is 9.84 Å². The highest BCUT2D eigenvalue weighted by Gasteiger charge is 2.09. The Labute approximate surface area is 93.6 Å². The molecule has 0 fully saturated rings. The Morgan fingerprint density at radius 1 is 1.19 bits per heavy atom. The molecule has 0 saturated carbocycles. The highest BCUT2D eigenvalue weighted by molar-refractivity contribution is 5.71. The number of nitrogens with zero attached hydrogens (tertiary/aromatic N) is 2. The minimum absolute atomic E-state index is 0.222. The second kappa shape index (κ2) is 4.18. The van der Waals surface area contributed by atoms with Gasteiger partial charge in [-0.05, 0) is 13.0 Å². The minimum Gasteiger partial charge on any atom is -0.507 e. The van der Waals surface area contributed by atoms with Crippen molar-refractivity contribution >= 4 is 0 Å². The summed E-state index contributed by atoms with van der Waals surface area (Å²) in [5.41, 5.74) is 2.30. The first kappa shape index (κ1) is 10.4. The molecule has 1 heterocycles. The quantitative estimate of drug-likeness (QED) is 0.835. The predicted molar refractivity (Wildman–Crippen MR) is 60.4 cm³/mol. The van der Waals surface area contributed by atoms with E-state index in [4.69, 9.17) is 4.74 Å². The minimum atomic E-state index is 0.222. The van der Waals surface area contributed by atoms with Gasteiger partial charge < -0.3 is 9.84 Å². The maximum atomic E-state index is 9.73. The zero-order valence-electron chi connectivity index (χ0n) is 9.14. The maximum Gasteiger partial charge on any atom is 0.316 e. The van der Waals surface area contributed by atoms with Crippen LogP contribution in [0.15, 0.2) is 30.5 Å². The largest absolute Gasteiger partial charge is 0.507 e. The second-order valence-corrected chi connectivity index (χ2v) is 3.37. The number of methoxy groups -OCH3 is 1. The Kier molecular flexibility index (Phi) is 2.72. The van der Waals surface area contributed by atoms with E-state index in [-0.39, 0.29) is 5.75 Å². The molecule has 2 rings (SSSR count). The number of aromatic hydroxyl groups is 1. The highest BCUT2D eigenvalue weighted by Crippen LogP contribution is 2.30. The maximum absolute atomic E-state index is 9.73. The molecular formula is C12H12N2O2. The van der Waals surface area contributed by atoms with Crippen molar-refractivity contribution in [3.63, 3.8) is 0 Å². The Hall–Kier alpha value is -2.10. The van der Waals surface area contributed by atoms with E-state index in [0.29, 0.717) is 6.01 Å². The summed E-state index contributed by atoms with van der Waals surface area (Å²) in [5, 5.41) is 9.73. The van der Waals surface area contributed by atoms with Crippen molar-refractivity contribution in [3.05, 3.63) is 36.2 Å². The zero-order chi connectivity index (χ0) is 11.5. The van der Waals surface area contributed by atoms with Gasteiger partial charge in [-0.25, -0.2) is 4.98 Å². The topological polar surface area (TPSA) is 55.2 Å². The zero-order valence-corrected chi connectivity index (χ0v) is 9.14. The van der Waals surface area contributed by atoms with Gasteiger partial charge in [0.1, 0.15) is 5.75 Å². The summed E-state index contributed by atoms with van der Waals surface area (Å²) in [6.45, 7) is 1.85. The summed E-state index contributed by atoms with van der Waals surface area (Å²) in [5.74, 6) is 0.222. The van der Waals surface area contributed by atoms with E-state index in [1.807, 2.05) is 19.1 Å². The number of benzene rings is 1. The van der Waals surface area contributed by atoms with E-state index in [1.54, 1.807) is 18.3 Å². The van der Waals surface area contributed by atoms with E-state index in [1.165, 1.54) is 7.11 Å². The van der Waals surface area contributed by atoms with Crippen molar-refractivity contribution in [1.82, 2.24) is 9.97 Å². The Balaban J connectivity index is 2.53. The van der Waals surface area contributed by atoms with Crippen LogP contribution in [0.3, 0.4) is 0 Å². The standard InChI is InChI=1S/C12H12N2O2/c1-8-10(7-13-12(14-8)16-2)9-5-3-4-6-11(9)15/h3-7,15H,1-2H3. The van der Waals surface area contributed by atoms with Crippen LogP contribution in [0, 0.1) is 6.92 Å². The molecule has 0 aliphatic carbocycles. The molecule has 0 radical (unpaired) electrons. The van der Waals surface area contributed by atoms with Crippen LogP contribution in [-0.4, -0.2) is 22.2 Å². The molecule has 0 aliphatic heterocycles. The Morgan fingerprint density at radius 2 is 1.94 bits per heavy atom. The first-order valence-corrected chi connectivity index (χ1v) is 4.88. The first-order chi connectivity index (χ1) is 7.72. The number of hydrogen-bond acceptors (Lipinski definition) is 4. The molecule has 2 aromatic rings.